The molecule has 0 aliphatic carbocycles. The second-order valence-electron chi connectivity index (χ2n) is 2.18. The number of hydrogen-bond acceptors (Lipinski definition) is 2. The van der Waals surface area contributed by atoms with Gasteiger partial charge in [-0.15, -0.1) is 0 Å². The molecular formula is C7H8FO3P. The van der Waals surface area contributed by atoms with E-state index in [1.54, 1.807) is 6.07 Å². The van der Waals surface area contributed by atoms with Crippen molar-refractivity contribution in [2.75, 3.05) is 0 Å². The Kier molecular flexibility index (Phi) is 3.41. The molecule has 66 valence electrons. The van der Waals surface area contributed by atoms with Gasteiger partial charge in [0.2, 0.25) is 0 Å². The summed E-state index contributed by atoms with van der Waals surface area (Å²) in [5.74, 6) is -0.381. The molecule has 1 unspecified atom stereocenters. The first kappa shape index (κ1) is 9.39. The minimum atomic E-state index is -2.92. The number of halogens is 1. The van der Waals surface area contributed by atoms with E-state index in [1.165, 1.54) is 18.2 Å². The van der Waals surface area contributed by atoms with Crippen molar-refractivity contribution in [2.45, 2.75) is 6.61 Å². The van der Waals surface area contributed by atoms with Crippen LogP contribution in [0.1, 0.15) is 5.56 Å². The Morgan fingerprint density at radius 3 is 2.92 bits per heavy atom. The molecule has 0 saturated carbocycles. The molecule has 0 aliphatic rings. The third-order valence-electron chi connectivity index (χ3n) is 1.25. The lowest BCUT2D eigenvalue weighted by atomic mass is 10.2. The van der Waals surface area contributed by atoms with Gasteiger partial charge in [0, 0.05) is 0 Å². The molecule has 1 aromatic carbocycles. The van der Waals surface area contributed by atoms with Gasteiger partial charge >= 0.3 is 8.25 Å². The van der Waals surface area contributed by atoms with Gasteiger partial charge in [0.1, 0.15) is 5.82 Å². The quantitative estimate of drug-likeness (QED) is 0.738. The Bertz CT molecular complexity index is 290. The predicted octanol–water partition coefficient (Wildman–Crippen LogP) is 1.72. The first-order chi connectivity index (χ1) is 5.68. The fraction of sp³-hybridized carbons (Fsp3) is 0.143. The Labute approximate surface area is 69.7 Å². The zero-order valence-corrected chi connectivity index (χ0v) is 7.16. The second kappa shape index (κ2) is 4.36. The molecule has 12 heavy (non-hydrogen) atoms. The molecule has 5 heteroatoms. The van der Waals surface area contributed by atoms with Crippen LogP contribution in [-0.4, -0.2) is 4.89 Å². The Morgan fingerprint density at radius 1 is 1.58 bits per heavy atom. The molecule has 0 amide bonds. The van der Waals surface area contributed by atoms with Crippen molar-refractivity contribution in [3.8, 4) is 0 Å². The molecule has 0 aliphatic heterocycles. The summed E-state index contributed by atoms with van der Waals surface area (Å²) >= 11 is 0. The van der Waals surface area contributed by atoms with Crippen LogP contribution in [-0.2, 0) is 15.7 Å². The van der Waals surface area contributed by atoms with Crippen molar-refractivity contribution < 1.29 is 18.4 Å². The van der Waals surface area contributed by atoms with Gasteiger partial charge < -0.3 is 9.42 Å². The minimum Gasteiger partial charge on any atom is -0.326 e. The lowest BCUT2D eigenvalue weighted by Crippen LogP contribution is -1.86. The van der Waals surface area contributed by atoms with Gasteiger partial charge in [-0.3, -0.25) is 4.57 Å². The summed E-state index contributed by atoms with van der Waals surface area (Å²) in [6.45, 7) is -0.0357. The smallest absolute Gasteiger partial charge is 0.316 e. The van der Waals surface area contributed by atoms with Gasteiger partial charge in [0.15, 0.2) is 0 Å². The highest BCUT2D eigenvalue weighted by Crippen LogP contribution is 2.17. The van der Waals surface area contributed by atoms with Crippen LogP contribution >= 0.6 is 8.25 Å². The van der Waals surface area contributed by atoms with E-state index in [2.05, 4.69) is 4.52 Å². The summed E-state index contributed by atoms with van der Waals surface area (Å²) in [5.41, 5.74) is 0.544. The van der Waals surface area contributed by atoms with E-state index in [4.69, 9.17) is 4.89 Å². The molecule has 1 atom stereocenters. The fourth-order valence-electron chi connectivity index (χ4n) is 0.772. The molecule has 3 nitrogen and oxygen atoms in total. The first-order valence-electron chi connectivity index (χ1n) is 3.28. The zero-order valence-electron chi connectivity index (χ0n) is 6.16. The van der Waals surface area contributed by atoms with Crippen molar-refractivity contribution in [1.82, 2.24) is 0 Å². The molecule has 1 rings (SSSR count). The summed E-state index contributed by atoms with van der Waals surface area (Å²) in [6, 6.07) is 5.69. The molecule has 0 bridgehead atoms. The maximum Gasteiger partial charge on any atom is 0.316 e. The minimum absolute atomic E-state index is 0.0357. The largest absolute Gasteiger partial charge is 0.326 e. The molecule has 0 fully saturated rings. The van der Waals surface area contributed by atoms with Crippen LogP contribution in [0.2, 0.25) is 0 Å². The van der Waals surface area contributed by atoms with Gasteiger partial charge in [-0.25, -0.2) is 4.39 Å². The lowest BCUT2D eigenvalue weighted by Gasteiger charge is -1.99. The molecular weight excluding hydrogens is 182 g/mol. The standard InChI is InChI=1S/C7H8FO3P/c8-7-3-1-2-6(4-7)5-11-12(9)10/h1-4,12H,5H2,(H,9,10). The van der Waals surface area contributed by atoms with Gasteiger partial charge in [-0.05, 0) is 17.7 Å². The third kappa shape index (κ3) is 3.13. The summed E-state index contributed by atoms with van der Waals surface area (Å²) in [5, 5.41) is 0. The monoisotopic (exact) mass is 190 g/mol. The van der Waals surface area contributed by atoms with E-state index in [9.17, 15) is 8.96 Å². The van der Waals surface area contributed by atoms with E-state index >= 15 is 0 Å². The molecule has 0 spiro atoms. The average Bonchev–Trinajstić information content (AvgIpc) is 2.01. The Balaban J connectivity index is 2.57. The summed E-state index contributed by atoms with van der Waals surface area (Å²) in [7, 11) is -2.92. The van der Waals surface area contributed by atoms with Crippen molar-refractivity contribution in [2.24, 2.45) is 0 Å². The van der Waals surface area contributed by atoms with Crippen molar-refractivity contribution in [3.63, 3.8) is 0 Å². The van der Waals surface area contributed by atoms with Crippen LogP contribution in [0, 0.1) is 5.82 Å². The van der Waals surface area contributed by atoms with Gasteiger partial charge in [-0.2, -0.15) is 0 Å². The molecule has 1 N–H and O–H groups in total. The first-order valence-corrected chi connectivity index (χ1v) is 4.55. The van der Waals surface area contributed by atoms with E-state index in [1.807, 2.05) is 0 Å². The zero-order chi connectivity index (χ0) is 8.97. The van der Waals surface area contributed by atoms with Crippen LogP contribution < -0.4 is 0 Å². The summed E-state index contributed by atoms with van der Waals surface area (Å²) in [4.78, 5) is 8.31. The summed E-state index contributed by atoms with van der Waals surface area (Å²) in [6.07, 6.45) is 0. The maximum atomic E-state index is 12.5. The lowest BCUT2D eigenvalue weighted by molar-refractivity contribution is 0.272. The van der Waals surface area contributed by atoms with Crippen LogP contribution in [0.25, 0.3) is 0 Å². The molecule has 1 aromatic rings. The molecule has 0 aromatic heterocycles. The maximum absolute atomic E-state index is 12.5. The number of benzene rings is 1. The van der Waals surface area contributed by atoms with Gasteiger partial charge in [0.05, 0.1) is 6.61 Å². The van der Waals surface area contributed by atoms with Crippen molar-refractivity contribution in [1.29, 1.82) is 0 Å². The summed E-state index contributed by atoms with van der Waals surface area (Å²) < 4.78 is 27.0. The highest BCUT2D eigenvalue weighted by Gasteiger charge is 1.96. The van der Waals surface area contributed by atoms with Crippen LogP contribution in [0.4, 0.5) is 4.39 Å². The fourth-order valence-corrected chi connectivity index (χ4v) is 1.06. The SMILES string of the molecule is O=[PH](O)OCc1cccc(F)c1. The Hall–Kier alpha value is -0.700. The molecule has 0 radical (unpaired) electrons. The number of rotatable bonds is 3. The van der Waals surface area contributed by atoms with E-state index in [-0.39, 0.29) is 12.4 Å². The van der Waals surface area contributed by atoms with Crippen LogP contribution in [0.3, 0.4) is 0 Å². The van der Waals surface area contributed by atoms with E-state index in [0.717, 1.165) is 0 Å². The van der Waals surface area contributed by atoms with E-state index < -0.39 is 8.25 Å². The van der Waals surface area contributed by atoms with Crippen molar-refractivity contribution in [3.05, 3.63) is 35.6 Å². The molecule has 0 heterocycles. The second-order valence-corrected chi connectivity index (χ2v) is 3.00. The van der Waals surface area contributed by atoms with Gasteiger partial charge in [-0.1, -0.05) is 12.1 Å². The normalized spacial score (nSPS) is 12.8. The molecule has 0 saturated heterocycles. The van der Waals surface area contributed by atoms with Crippen LogP contribution in [0.15, 0.2) is 24.3 Å². The predicted molar refractivity (Wildman–Crippen MR) is 42.4 cm³/mol. The Morgan fingerprint density at radius 2 is 2.33 bits per heavy atom. The third-order valence-corrected chi connectivity index (χ3v) is 1.64. The van der Waals surface area contributed by atoms with Gasteiger partial charge in [0.25, 0.3) is 0 Å². The average molecular weight is 190 g/mol. The van der Waals surface area contributed by atoms with E-state index in [0.29, 0.717) is 5.56 Å². The highest BCUT2D eigenvalue weighted by atomic mass is 31.1. The topological polar surface area (TPSA) is 46.5 Å². The highest BCUT2D eigenvalue weighted by molar-refractivity contribution is 7.32. The number of hydrogen-bond donors (Lipinski definition) is 1. The van der Waals surface area contributed by atoms with Crippen LogP contribution in [0.5, 0.6) is 0 Å². The van der Waals surface area contributed by atoms with Crippen molar-refractivity contribution >= 4 is 8.25 Å².